The van der Waals surface area contributed by atoms with Gasteiger partial charge in [0.2, 0.25) is 0 Å². The van der Waals surface area contributed by atoms with Gasteiger partial charge in [-0.25, -0.2) is 4.79 Å². The highest BCUT2D eigenvalue weighted by atomic mass is 16.5. The Balaban J connectivity index is 1.32. The van der Waals surface area contributed by atoms with Crippen molar-refractivity contribution in [1.82, 2.24) is 0 Å². The minimum absolute atomic E-state index is 0.367. The van der Waals surface area contributed by atoms with E-state index in [9.17, 15) is 4.79 Å². The highest BCUT2D eigenvalue weighted by molar-refractivity contribution is 6.30. The molecule has 0 unspecified atom stereocenters. The van der Waals surface area contributed by atoms with Crippen molar-refractivity contribution in [2.45, 2.75) is 90.4 Å². The Morgan fingerprint density at radius 2 is 0.948 bits per heavy atom. The molecule has 0 amide bonds. The van der Waals surface area contributed by atoms with Crippen LogP contribution in [0.3, 0.4) is 0 Å². The second kappa shape index (κ2) is 19.6. The second-order valence-corrected chi connectivity index (χ2v) is 15.9. The van der Waals surface area contributed by atoms with Gasteiger partial charge in [0.25, 0.3) is 0 Å². The Labute approximate surface area is 346 Å². The molecule has 0 aliphatic rings. The molecule has 0 saturated carbocycles. The largest absolute Gasteiger partial charge is 0.463 e. The molecule has 0 N–H and O–H groups in total. The molecule has 2 nitrogen and oxygen atoms in total. The first-order chi connectivity index (χ1) is 28.5. The maximum Gasteiger partial charge on any atom is 0.330 e. The number of rotatable bonds is 21. The molecular formula is C56H58O2. The van der Waals surface area contributed by atoms with Crippen LogP contribution in [0, 0.1) is 0 Å². The normalized spacial score (nSPS) is 11.4. The Bertz CT molecular complexity index is 2410. The van der Waals surface area contributed by atoms with Gasteiger partial charge in [-0.3, -0.25) is 0 Å². The summed E-state index contributed by atoms with van der Waals surface area (Å²) in [6, 6.07) is 41.0. The van der Waals surface area contributed by atoms with Crippen LogP contribution in [-0.2, 0) is 22.4 Å². The molecule has 7 rings (SSSR count). The first kappa shape index (κ1) is 40.5. The number of aryl methyl sites for hydroxylation is 2. The number of hydrogen-bond acceptors (Lipinski definition) is 2. The molecule has 0 bridgehead atoms. The standard InChI is InChI=1S/C56H58O2/c1-5-9-10-11-12-13-14-15-16-17-20-46-38-51(43-31-25-42(26-32-43)19-18-37-58-54(57)8-4)48-35-36-50-53(45-29-23-41(7-3)24-30-45)39-52(44-27-21-40(6-2)22-28-44)49-34-33-47(46)55(48)56(49)50/h6-8,21-36,38-39H,2-5,9-20,37H2,1H3. The third-order valence-electron chi connectivity index (χ3n) is 12.0. The van der Waals surface area contributed by atoms with E-state index in [1.54, 1.807) is 0 Å². The topological polar surface area (TPSA) is 26.3 Å². The fourth-order valence-electron chi connectivity index (χ4n) is 8.75. The molecule has 0 radical (unpaired) electrons. The molecule has 7 aromatic carbocycles. The van der Waals surface area contributed by atoms with Gasteiger partial charge in [-0.2, -0.15) is 0 Å². The number of esters is 1. The molecule has 0 heterocycles. The highest BCUT2D eigenvalue weighted by Gasteiger charge is 2.20. The van der Waals surface area contributed by atoms with E-state index in [0.717, 1.165) is 30.4 Å². The van der Waals surface area contributed by atoms with E-state index in [2.05, 4.69) is 136 Å². The Kier molecular flexibility index (Phi) is 13.7. The third kappa shape index (κ3) is 9.18. The monoisotopic (exact) mass is 762 g/mol. The van der Waals surface area contributed by atoms with Gasteiger partial charge in [0.05, 0.1) is 6.61 Å². The fraction of sp³-hybridized carbons (Fsp3) is 0.268. The van der Waals surface area contributed by atoms with E-state index in [1.165, 1.54) is 147 Å². The van der Waals surface area contributed by atoms with Gasteiger partial charge in [-0.05, 0) is 126 Å². The van der Waals surface area contributed by atoms with Crippen LogP contribution in [0.15, 0.2) is 135 Å². The van der Waals surface area contributed by atoms with Gasteiger partial charge >= 0.3 is 5.97 Å². The van der Waals surface area contributed by atoms with Crippen LogP contribution in [0.4, 0.5) is 0 Å². The Morgan fingerprint density at radius 1 is 0.500 bits per heavy atom. The molecular weight excluding hydrogens is 705 g/mol. The Morgan fingerprint density at radius 3 is 1.45 bits per heavy atom. The third-order valence-corrected chi connectivity index (χ3v) is 12.0. The van der Waals surface area contributed by atoms with E-state index >= 15 is 0 Å². The van der Waals surface area contributed by atoms with E-state index in [-0.39, 0.29) is 5.97 Å². The zero-order valence-electron chi connectivity index (χ0n) is 34.5. The van der Waals surface area contributed by atoms with Crippen molar-refractivity contribution in [2.24, 2.45) is 0 Å². The van der Waals surface area contributed by atoms with Crippen molar-refractivity contribution in [3.8, 4) is 33.4 Å². The lowest BCUT2D eigenvalue weighted by Gasteiger charge is -2.21. The minimum atomic E-state index is -0.367. The van der Waals surface area contributed by atoms with Gasteiger partial charge in [0.15, 0.2) is 0 Å². The summed E-state index contributed by atoms with van der Waals surface area (Å²) >= 11 is 0. The van der Waals surface area contributed by atoms with Gasteiger partial charge in [-0.1, -0.05) is 194 Å². The summed E-state index contributed by atoms with van der Waals surface area (Å²) in [5, 5.41) is 7.90. The van der Waals surface area contributed by atoms with Crippen LogP contribution in [-0.4, -0.2) is 12.6 Å². The molecule has 58 heavy (non-hydrogen) atoms. The molecule has 2 heteroatoms. The van der Waals surface area contributed by atoms with Crippen molar-refractivity contribution >= 4 is 50.4 Å². The summed E-state index contributed by atoms with van der Waals surface area (Å²) in [4.78, 5) is 11.5. The van der Waals surface area contributed by atoms with Crippen molar-refractivity contribution in [2.75, 3.05) is 6.61 Å². The summed E-state index contributed by atoms with van der Waals surface area (Å²) in [6.45, 7) is 14.2. The lowest BCUT2D eigenvalue weighted by Crippen LogP contribution is -2.02. The summed E-state index contributed by atoms with van der Waals surface area (Å²) in [5.41, 5.74) is 12.3. The number of carbonyl (C=O) groups excluding carboxylic acids is 1. The number of hydrogen-bond donors (Lipinski definition) is 0. The summed E-state index contributed by atoms with van der Waals surface area (Å²) in [7, 11) is 0. The van der Waals surface area contributed by atoms with E-state index < -0.39 is 0 Å². The Hall–Kier alpha value is -5.73. The second-order valence-electron chi connectivity index (χ2n) is 15.9. The fourth-order valence-corrected chi connectivity index (χ4v) is 8.75. The predicted octanol–water partition coefficient (Wildman–Crippen LogP) is 16.0. The molecule has 0 aliphatic carbocycles. The van der Waals surface area contributed by atoms with E-state index in [4.69, 9.17) is 4.74 Å². The van der Waals surface area contributed by atoms with Crippen LogP contribution in [0.2, 0.25) is 0 Å². The van der Waals surface area contributed by atoms with Crippen LogP contribution in [0.5, 0.6) is 0 Å². The molecule has 0 spiro atoms. The van der Waals surface area contributed by atoms with Crippen LogP contribution >= 0.6 is 0 Å². The summed E-state index contributed by atoms with van der Waals surface area (Å²) in [5.74, 6) is -0.367. The molecule has 0 fully saturated rings. The van der Waals surface area contributed by atoms with Crippen LogP contribution in [0.1, 0.15) is 99.8 Å². The van der Waals surface area contributed by atoms with Gasteiger partial charge in [-0.15, -0.1) is 0 Å². The summed E-state index contributed by atoms with van der Waals surface area (Å²) < 4.78 is 5.23. The SMILES string of the molecule is C=CC(=O)OCCCc1ccc(-c2cc(CCCCCCCCCCCC)c3ccc4c(-c5ccc(C=C)cc5)cc(-c5ccc(C=C)cc5)c5ccc2c3c45)cc1. The van der Waals surface area contributed by atoms with Gasteiger partial charge < -0.3 is 4.74 Å². The van der Waals surface area contributed by atoms with Crippen molar-refractivity contribution < 1.29 is 9.53 Å². The quantitative estimate of drug-likeness (QED) is 0.0315. The van der Waals surface area contributed by atoms with Crippen LogP contribution < -0.4 is 0 Å². The number of unbranched alkanes of at least 4 members (excludes halogenated alkanes) is 9. The van der Waals surface area contributed by atoms with Gasteiger partial charge in [0.1, 0.15) is 0 Å². The average Bonchev–Trinajstić information content (AvgIpc) is 3.27. The lowest BCUT2D eigenvalue weighted by molar-refractivity contribution is -0.137. The number of benzene rings is 7. The van der Waals surface area contributed by atoms with Crippen LogP contribution in [0.25, 0.3) is 77.9 Å². The zero-order valence-corrected chi connectivity index (χ0v) is 34.5. The maximum atomic E-state index is 11.5. The molecule has 7 aromatic rings. The summed E-state index contributed by atoms with van der Waals surface area (Å²) in [6.07, 6.45) is 21.0. The van der Waals surface area contributed by atoms with Crippen molar-refractivity contribution in [3.63, 3.8) is 0 Å². The van der Waals surface area contributed by atoms with E-state index in [1.807, 2.05) is 12.2 Å². The van der Waals surface area contributed by atoms with Crippen molar-refractivity contribution in [1.29, 1.82) is 0 Å². The molecule has 0 aromatic heterocycles. The van der Waals surface area contributed by atoms with Crippen molar-refractivity contribution in [3.05, 3.63) is 157 Å². The maximum absolute atomic E-state index is 11.5. The minimum Gasteiger partial charge on any atom is -0.463 e. The molecule has 0 atom stereocenters. The number of carbonyl (C=O) groups is 1. The molecule has 0 saturated heterocycles. The first-order valence-corrected chi connectivity index (χ1v) is 21.6. The van der Waals surface area contributed by atoms with E-state index in [0.29, 0.717) is 6.61 Å². The predicted molar refractivity (Wildman–Crippen MR) is 252 cm³/mol. The smallest absolute Gasteiger partial charge is 0.330 e. The zero-order chi connectivity index (χ0) is 40.3. The number of ether oxygens (including phenoxy) is 1. The van der Waals surface area contributed by atoms with Gasteiger partial charge in [0, 0.05) is 6.08 Å². The lowest BCUT2D eigenvalue weighted by atomic mass is 9.82. The average molecular weight is 763 g/mol. The first-order valence-electron chi connectivity index (χ1n) is 21.6. The highest BCUT2D eigenvalue weighted by Crippen LogP contribution is 2.47. The molecule has 0 aliphatic heterocycles. The molecule has 294 valence electrons.